The summed E-state index contributed by atoms with van der Waals surface area (Å²) in [6.45, 7) is 16.9. The van der Waals surface area contributed by atoms with E-state index in [1.54, 1.807) is 0 Å². The van der Waals surface area contributed by atoms with E-state index in [0.29, 0.717) is 6.04 Å². The van der Waals surface area contributed by atoms with Crippen LogP contribution in [0.2, 0.25) is 0 Å². The fourth-order valence-electron chi connectivity index (χ4n) is 2.65. The van der Waals surface area contributed by atoms with Gasteiger partial charge in [-0.25, -0.2) is 0 Å². The van der Waals surface area contributed by atoms with Gasteiger partial charge in [-0.05, 0) is 40.7 Å². The maximum Gasteiger partial charge on any atom is 0.0168 e. The zero-order valence-electron chi connectivity index (χ0n) is 10.9. The van der Waals surface area contributed by atoms with E-state index < -0.39 is 0 Å². The number of nitrogens with zero attached hydrogens (tertiary/aromatic N) is 1. The summed E-state index contributed by atoms with van der Waals surface area (Å²) in [5.74, 6) is 0. The van der Waals surface area contributed by atoms with Gasteiger partial charge in [-0.1, -0.05) is 20.8 Å². The molecular formula is C12H27NS. The van der Waals surface area contributed by atoms with Gasteiger partial charge in [0.25, 0.3) is 0 Å². The second-order valence-corrected chi connectivity index (χ2v) is 6.89. The Bertz CT molecular complexity index is 168. The third kappa shape index (κ3) is 4.70. The molecule has 0 unspecified atom stereocenters. The summed E-state index contributed by atoms with van der Waals surface area (Å²) < 4.78 is 0.103. The van der Waals surface area contributed by atoms with Crippen molar-refractivity contribution in [1.29, 1.82) is 0 Å². The summed E-state index contributed by atoms with van der Waals surface area (Å²) >= 11 is 4.62. The van der Waals surface area contributed by atoms with Crippen LogP contribution >= 0.6 is 12.6 Å². The van der Waals surface area contributed by atoms with Crippen LogP contribution in [0.1, 0.15) is 54.9 Å². The summed E-state index contributed by atoms with van der Waals surface area (Å²) in [6.07, 6.45) is 1.11. The molecule has 1 nitrogen and oxygen atoms in total. The predicted octanol–water partition coefficient (Wildman–Crippen LogP) is 3.59. The molecule has 0 saturated heterocycles. The summed E-state index contributed by atoms with van der Waals surface area (Å²) in [4.78, 5) is 2.53. The van der Waals surface area contributed by atoms with Gasteiger partial charge in [0.2, 0.25) is 0 Å². The molecule has 0 aliphatic rings. The lowest BCUT2D eigenvalue weighted by Crippen LogP contribution is -2.50. The van der Waals surface area contributed by atoms with Gasteiger partial charge in [-0.2, -0.15) is 12.6 Å². The van der Waals surface area contributed by atoms with E-state index >= 15 is 0 Å². The highest BCUT2D eigenvalue weighted by atomic mass is 32.1. The molecule has 0 N–H and O–H groups in total. The van der Waals surface area contributed by atoms with Crippen LogP contribution in [0.4, 0.5) is 0 Å². The Morgan fingerprint density at radius 3 is 1.79 bits per heavy atom. The minimum absolute atomic E-state index is 0.103. The maximum atomic E-state index is 4.62. The fourth-order valence-corrected chi connectivity index (χ4v) is 3.04. The number of hydrogen-bond donors (Lipinski definition) is 1. The van der Waals surface area contributed by atoms with Gasteiger partial charge in [-0.3, -0.25) is 4.90 Å². The quantitative estimate of drug-likeness (QED) is 0.689. The van der Waals surface area contributed by atoms with Crippen molar-refractivity contribution in [1.82, 2.24) is 4.90 Å². The Balaban J connectivity index is 4.57. The number of hydrogen-bond acceptors (Lipinski definition) is 2. The van der Waals surface area contributed by atoms with Gasteiger partial charge >= 0.3 is 0 Å². The van der Waals surface area contributed by atoms with Gasteiger partial charge in [0.05, 0.1) is 0 Å². The topological polar surface area (TPSA) is 3.24 Å². The zero-order valence-corrected chi connectivity index (χ0v) is 11.8. The smallest absolute Gasteiger partial charge is 0.0168 e. The van der Waals surface area contributed by atoms with E-state index in [0.717, 1.165) is 13.0 Å². The average molecular weight is 217 g/mol. The Morgan fingerprint density at radius 2 is 1.57 bits per heavy atom. The van der Waals surface area contributed by atoms with Crippen molar-refractivity contribution in [2.24, 2.45) is 0 Å². The molecule has 0 rings (SSSR count). The second kappa shape index (κ2) is 4.89. The maximum absolute atomic E-state index is 4.62. The van der Waals surface area contributed by atoms with Crippen LogP contribution in [-0.2, 0) is 0 Å². The van der Waals surface area contributed by atoms with Crippen LogP contribution < -0.4 is 0 Å². The standard InChI is InChI=1S/C12H27NS/c1-8-13(10(2)3)11(4,5)9-12(6,7)14/h10,14H,8-9H2,1-7H3. The minimum Gasteiger partial charge on any atom is -0.296 e. The largest absolute Gasteiger partial charge is 0.296 e. The van der Waals surface area contributed by atoms with Crippen LogP contribution in [0.3, 0.4) is 0 Å². The highest BCUT2D eigenvalue weighted by Crippen LogP contribution is 2.30. The first-order chi connectivity index (χ1) is 6.10. The van der Waals surface area contributed by atoms with E-state index in [1.807, 2.05) is 0 Å². The molecule has 0 aliphatic carbocycles. The molecule has 0 fully saturated rings. The number of rotatable bonds is 5. The van der Waals surface area contributed by atoms with Crippen molar-refractivity contribution < 1.29 is 0 Å². The normalized spacial score (nSPS) is 14.1. The van der Waals surface area contributed by atoms with E-state index in [2.05, 4.69) is 66.0 Å². The molecule has 0 aromatic heterocycles. The molecule has 0 radical (unpaired) electrons. The van der Waals surface area contributed by atoms with Gasteiger partial charge in [0, 0.05) is 16.3 Å². The zero-order chi connectivity index (χ0) is 11.6. The lowest BCUT2D eigenvalue weighted by atomic mass is 9.89. The van der Waals surface area contributed by atoms with Crippen LogP contribution in [0.5, 0.6) is 0 Å². The number of thiol groups is 1. The molecule has 0 bridgehead atoms. The Hall–Kier alpha value is 0.310. The van der Waals surface area contributed by atoms with Gasteiger partial charge in [0.15, 0.2) is 0 Å². The first-order valence-corrected chi connectivity index (χ1v) is 6.04. The molecule has 0 saturated carbocycles. The van der Waals surface area contributed by atoms with Crippen molar-refractivity contribution in [2.75, 3.05) is 6.54 Å². The highest BCUT2D eigenvalue weighted by Gasteiger charge is 2.32. The summed E-state index contributed by atoms with van der Waals surface area (Å²) in [5, 5.41) is 0. The van der Waals surface area contributed by atoms with Crippen molar-refractivity contribution in [3.63, 3.8) is 0 Å². The van der Waals surface area contributed by atoms with Crippen LogP contribution in [0.15, 0.2) is 0 Å². The van der Waals surface area contributed by atoms with Crippen molar-refractivity contribution >= 4 is 12.6 Å². The average Bonchev–Trinajstić information content (AvgIpc) is 1.79. The van der Waals surface area contributed by atoms with E-state index in [9.17, 15) is 0 Å². The molecule has 0 aromatic rings. The molecule has 0 spiro atoms. The van der Waals surface area contributed by atoms with Gasteiger partial charge < -0.3 is 0 Å². The highest BCUT2D eigenvalue weighted by molar-refractivity contribution is 7.81. The van der Waals surface area contributed by atoms with Gasteiger partial charge in [0.1, 0.15) is 0 Å². The first-order valence-electron chi connectivity index (χ1n) is 5.59. The van der Waals surface area contributed by atoms with E-state index in [1.165, 1.54) is 0 Å². The lowest BCUT2D eigenvalue weighted by Gasteiger charge is -2.44. The molecule has 2 heteroatoms. The van der Waals surface area contributed by atoms with E-state index in [4.69, 9.17) is 0 Å². The van der Waals surface area contributed by atoms with Crippen molar-refractivity contribution in [3.8, 4) is 0 Å². The van der Waals surface area contributed by atoms with Crippen molar-refractivity contribution in [2.45, 2.75) is 71.2 Å². The SMILES string of the molecule is CCN(C(C)C)C(C)(C)CC(C)(C)S. The molecule has 0 aliphatic heterocycles. The molecular weight excluding hydrogens is 190 g/mol. The molecule has 0 aromatic carbocycles. The molecule has 0 amide bonds. The first kappa shape index (κ1) is 14.3. The van der Waals surface area contributed by atoms with Crippen LogP contribution in [0, 0.1) is 0 Å². The van der Waals surface area contributed by atoms with Crippen LogP contribution in [0.25, 0.3) is 0 Å². The third-order valence-corrected chi connectivity index (χ3v) is 2.76. The Kier molecular flexibility index (Phi) is 5.00. The molecule has 0 heterocycles. The summed E-state index contributed by atoms with van der Waals surface area (Å²) in [7, 11) is 0. The second-order valence-electron chi connectivity index (χ2n) is 5.68. The monoisotopic (exact) mass is 217 g/mol. The lowest BCUT2D eigenvalue weighted by molar-refractivity contribution is 0.0769. The fraction of sp³-hybridized carbons (Fsp3) is 1.00. The predicted molar refractivity (Wildman–Crippen MR) is 69.3 cm³/mol. The summed E-state index contributed by atoms with van der Waals surface area (Å²) in [6, 6.07) is 0.602. The van der Waals surface area contributed by atoms with E-state index in [-0.39, 0.29) is 10.3 Å². The molecule has 0 atom stereocenters. The third-order valence-electron chi connectivity index (χ3n) is 2.61. The Labute approximate surface area is 95.7 Å². The van der Waals surface area contributed by atoms with Crippen molar-refractivity contribution in [3.05, 3.63) is 0 Å². The molecule has 86 valence electrons. The minimum atomic E-state index is 0.103. The summed E-state index contributed by atoms with van der Waals surface area (Å²) in [5.41, 5.74) is 0.230. The molecule has 14 heavy (non-hydrogen) atoms. The van der Waals surface area contributed by atoms with Crippen LogP contribution in [-0.4, -0.2) is 27.8 Å². The van der Waals surface area contributed by atoms with Gasteiger partial charge in [-0.15, -0.1) is 0 Å². The Morgan fingerprint density at radius 1 is 1.14 bits per heavy atom.